The smallest absolute Gasteiger partial charge is 0.260 e. The molecule has 3 aromatic rings. The van der Waals surface area contributed by atoms with Gasteiger partial charge < -0.3 is 10.2 Å². The summed E-state index contributed by atoms with van der Waals surface area (Å²) in [5.41, 5.74) is 1.64. The molecule has 2 amide bonds. The van der Waals surface area contributed by atoms with E-state index < -0.39 is 17.5 Å². The number of benzene rings is 2. The van der Waals surface area contributed by atoms with E-state index in [-0.39, 0.29) is 11.5 Å². The van der Waals surface area contributed by atoms with Crippen LogP contribution < -0.4 is 10.2 Å². The van der Waals surface area contributed by atoms with Crippen molar-refractivity contribution in [1.82, 2.24) is 4.98 Å². The minimum absolute atomic E-state index is 0.000745. The highest BCUT2D eigenvalue weighted by molar-refractivity contribution is 7.99. The number of halogens is 2. The molecule has 1 aliphatic heterocycles. The molecule has 0 bridgehead atoms. The van der Waals surface area contributed by atoms with E-state index in [2.05, 4.69) is 10.3 Å². The highest BCUT2D eigenvalue weighted by Crippen LogP contribution is 2.41. The van der Waals surface area contributed by atoms with Crippen molar-refractivity contribution in [3.63, 3.8) is 0 Å². The largest absolute Gasteiger partial charge is 0.322 e. The summed E-state index contributed by atoms with van der Waals surface area (Å²) in [6.07, 6.45) is 1.61. The zero-order valence-corrected chi connectivity index (χ0v) is 15.4. The molecule has 0 radical (unpaired) electrons. The van der Waals surface area contributed by atoms with Crippen molar-refractivity contribution in [3.8, 4) is 0 Å². The second-order valence-corrected chi connectivity index (χ2v) is 7.12. The van der Waals surface area contributed by atoms with Gasteiger partial charge >= 0.3 is 0 Å². The monoisotopic (exact) mass is 397 g/mol. The first-order chi connectivity index (χ1) is 13.4. The number of rotatable bonds is 2. The van der Waals surface area contributed by atoms with Gasteiger partial charge in [-0.1, -0.05) is 11.8 Å². The van der Waals surface area contributed by atoms with Crippen molar-refractivity contribution in [2.75, 3.05) is 17.3 Å². The lowest BCUT2D eigenvalue weighted by atomic mass is 10.2. The lowest BCUT2D eigenvalue weighted by molar-refractivity contribution is 0.0987. The number of hydrogen-bond donors (Lipinski definition) is 1. The number of hydrogen-bond acceptors (Lipinski definition) is 4. The summed E-state index contributed by atoms with van der Waals surface area (Å²) in [5, 5.41) is 3.23. The Morgan fingerprint density at radius 3 is 2.71 bits per heavy atom. The molecular formula is C20H13F2N3O2S. The topological polar surface area (TPSA) is 62.3 Å². The molecule has 4 rings (SSSR count). The van der Waals surface area contributed by atoms with Crippen LogP contribution in [0.4, 0.5) is 20.2 Å². The fourth-order valence-corrected chi connectivity index (χ4v) is 3.90. The van der Waals surface area contributed by atoms with Crippen LogP contribution in [-0.4, -0.2) is 23.8 Å². The van der Waals surface area contributed by atoms with Gasteiger partial charge in [-0.3, -0.25) is 9.59 Å². The molecule has 8 heteroatoms. The van der Waals surface area contributed by atoms with Gasteiger partial charge in [-0.05, 0) is 48.5 Å². The van der Waals surface area contributed by atoms with Gasteiger partial charge in [0, 0.05) is 29.4 Å². The SMILES string of the molecule is CN1C(=O)c2cccnc2Sc2cc(NC(=O)c3ccc(F)c(F)c3)ccc21. The van der Waals surface area contributed by atoms with Gasteiger partial charge in [0.2, 0.25) is 0 Å². The van der Waals surface area contributed by atoms with Gasteiger partial charge in [0.25, 0.3) is 11.8 Å². The van der Waals surface area contributed by atoms with Crippen LogP contribution in [0.1, 0.15) is 20.7 Å². The minimum atomic E-state index is -1.09. The summed E-state index contributed by atoms with van der Waals surface area (Å²) in [4.78, 5) is 31.5. The number of carbonyl (C=O) groups excluding carboxylic acids is 2. The zero-order valence-electron chi connectivity index (χ0n) is 14.6. The summed E-state index contributed by atoms with van der Waals surface area (Å²) in [5.74, 6) is -2.85. The molecule has 0 spiro atoms. The predicted octanol–water partition coefficient (Wildman–Crippen LogP) is 4.35. The molecular weight excluding hydrogens is 384 g/mol. The summed E-state index contributed by atoms with van der Waals surface area (Å²) < 4.78 is 26.4. The Labute approximate surface area is 163 Å². The van der Waals surface area contributed by atoms with Crippen molar-refractivity contribution >= 4 is 35.0 Å². The number of anilines is 2. The molecule has 5 nitrogen and oxygen atoms in total. The van der Waals surface area contributed by atoms with Crippen LogP contribution in [0.5, 0.6) is 0 Å². The summed E-state index contributed by atoms with van der Waals surface area (Å²) >= 11 is 1.32. The van der Waals surface area contributed by atoms with Gasteiger partial charge in [-0.25, -0.2) is 13.8 Å². The third-order valence-electron chi connectivity index (χ3n) is 4.27. The number of pyridine rings is 1. The van der Waals surface area contributed by atoms with Crippen molar-refractivity contribution in [1.29, 1.82) is 0 Å². The molecule has 1 N–H and O–H groups in total. The third-order valence-corrected chi connectivity index (χ3v) is 5.34. The van der Waals surface area contributed by atoms with Crippen LogP contribution in [0, 0.1) is 11.6 Å². The molecule has 0 fully saturated rings. The van der Waals surface area contributed by atoms with Crippen molar-refractivity contribution < 1.29 is 18.4 Å². The molecule has 28 heavy (non-hydrogen) atoms. The van der Waals surface area contributed by atoms with Crippen molar-refractivity contribution in [2.45, 2.75) is 9.92 Å². The molecule has 0 saturated heterocycles. The zero-order chi connectivity index (χ0) is 19.8. The van der Waals surface area contributed by atoms with E-state index in [0.29, 0.717) is 22.0 Å². The molecule has 1 aromatic heterocycles. The maximum absolute atomic E-state index is 13.4. The van der Waals surface area contributed by atoms with Gasteiger partial charge in [-0.15, -0.1) is 0 Å². The van der Waals surface area contributed by atoms with Crippen LogP contribution >= 0.6 is 11.8 Å². The second-order valence-electron chi connectivity index (χ2n) is 6.09. The molecule has 0 saturated carbocycles. The van der Waals surface area contributed by atoms with E-state index in [0.717, 1.165) is 17.0 Å². The fraction of sp³-hybridized carbons (Fsp3) is 0.0500. The number of fused-ring (bicyclic) bond motifs is 2. The normalized spacial score (nSPS) is 12.8. The molecule has 2 heterocycles. The molecule has 0 unspecified atom stereocenters. The lowest BCUT2D eigenvalue weighted by Gasteiger charge is -2.18. The third kappa shape index (κ3) is 3.22. The Morgan fingerprint density at radius 1 is 1.11 bits per heavy atom. The Kier molecular flexibility index (Phi) is 4.56. The van der Waals surface area contributed by atoms with Gasteiger partial charge in [0.15, 0.2) is 11.6 Å². The van der Waals surface area contributed by atoms with Crippen molar-refractivity contribution in [3.05, 3.63) is 77.5 Å². The first-order valence-electron chi connectivity index (χ1n) is 8.25. The maximum atomic E-state index is 13.4. The van der Waals surface area contributed by atoms with E-state index >= 15 is 0 Å². The highest BCUT2D eigenvalue weighted by Gasteiger charge is 2.25. The Morgan fingerprint density at radius 2 is 1.93 bits per heavy atom. The number of nitrogens with one attached hydrogen (secondary N) is 1. The molecule has 0 aliphatic carbocycles. The average Bonchev–Trinajstić information content (AvgIpc) is 2.79. The Hall–Kier alpha value is -3.26. The first kappa shape index (κ1) is 18.1. The summed E-state index contributed by atoms with van der Waals surface area (Å²) in [6, 6.07) is 11.4. The Bertz CT molecular complexity index is 1120. The standard InChI is InChI=1S/C20H13F2N3O2S/c1-25-16-7-5-12(24-18(26)11-4-6-14(21)15(22)9-11)10-17(16)28-19-13(20(25)27)3-2-8-23-19/h2-10H,1H3,(H,24,26). The summed E-state index contributed by atoms with van der Waals surface area (Å²) in [7, 11) is 1.67. The van der Waals surface area contributed by atoms with Crippen molar-refractivity contribution in [2.24, 2.45) is 0 Å². The van der Waals surface area contributed by atoms with Crippen LogP contribution in [0.25, 0.3) is 0 Å². The first-order valence-corrected chi connectivity index (χ1v) is 9.07. The van der Waals surface area contributed by atoms with E-state index in [1.165, 1.54) is 22.7 Å². The molecule has 140 valence electrons. The number of aromatic nitrogens is 1. The maximum Gasteiger partial charge on any atom is 0.260 e. The van der Waals surface area contributed by atoms with E-state index in [4.69, 9.17) is 0 Å². The highest BCUT2D eigenvalue weighted by atomic mass is 32.2. The minimum Gasteiger partial charge on any atom is -0.322 e. The Balaban J connectivity index is 1.66. The van der Waals surface area contributed by atoms with Gasteiger partial charge in [0.1, 0.15) is 5.03 Å². The average molecular weight is 397 g/mol. The van der Waals surface area contributed by atoms with Crippen LogP contribution in [0.2, 0.25) is 0 Å². The quantitative estimate of drug-likeness (QED) is 0.698. The molecule has 1 aliphatic rings. The van der Waals surface area contributed by atoms with E-state index in [1.807, 2.05) is 0 Å². The fourth-order valence-electron chi connectivity index (χ4n) is 2.82. The molecule has 0 atom stereocenters. The van der Waals surface area contributed by atoms with Gasteiger partial charge in [0.05, 0.1) is 11.3 Å². The number of carbonyl (C=O) groups is 2. The number of nitrogens with zero attached hydrogens (tertiary/aromatic N) is 2. The van der Waals surface area contributed by atoms with Crippen LogP contribution in [-0.2, 0) is 0 Å². The van der Waals surface area contributed by atoms with Crippen LogP contribution in [0.15, 0.2) is 64.6 Å². The van der Waals surface area contributed by atoms with E-state index in [9.17, 15) is 18.4 Å². The summed E-state index contributed by atoms with van der Waals surface area (Å²) in [6.45, 7) is 0. The predicted molar refractivity (Wildman–Crippen MR) is 102 cm³/mol. The lowest BCUT2D eigenvalue weighted by Crippen LogP contribution is -2.26. The van der Waals surface area contributed by atoms with Crippen LogP contribution in [0.3, 0.4) is 0 Å². The number of amides is 2. The molecule has 2 aromatic carbocycles. The van der Waals surface area contributed by atoms with E-state index in [1.54, 1.807) is 43.6 Å². The second kappa shape index (κ2) is 7.05. The van der Waals surface area contributed by atoms with Gasteiger partial charge in [-0.2, -0.15) is 0 Å².